The molecule has 4 aromatic rings. The van der Waals surface area contributed by atoms with Gasteiger partial charge in [-0.15, -0.1) is 11.3 Å². The van der Waals surface area contributed by atoms with E-state index in [1.165, 1.54) is 34.2 Å². The lowest BCUT2D eigenvalue weighted by Crippen LogP contribution is -2.22. The van der Waals surface area contributed by atoms with Gasteiger partial charge < -0.3 is 15.0 Å². The fraction of sp³-hybridized carbons (Fsp3) is 0.259. The number of hydrogen-bond acceptors (Lipinski definition) is 7. The second-order valence-corrected chi connectivity index (χ2v) is 10.6. The summed E-state index contributed by atoms with van der Waals surface area (Å²) < 4.78 is 4.95. The number of benzene rings is 2. The number of imidazole rings is 1. The lowest BCUT2D eigenvalue weighted by atomic mass is 10.0. The van der Waals surface area contributed by atoms with Crippen molar-refractivity contribution in [1.82, 2.24) is 15.0 Å². The minimum absolute atomic E-state index is 0.0838. The highest BCUT2D eigenvalue weighted by atomic mass is 32.2. The van der Waals surface area contributed by atoms with Gasteiger partial charge in [0.1, 0.15) is 0 Å². The van der Waals surface area contributed by atoms with Crippen molar-refractivity contribution in [3.8, 4) is 22.5 Å². The topological polar surface area (TPSA) is 97.0 Å². The highest BCUT2D eigenvalue weighted by Gasteiger charge is 2.21. The van der Waals surface area contributed by atoms with Crippen LogP contribution >= 0.6 is 23.1 Å². The summed E-state index contributed by atoms with van der Waals surface area (Å²) in [6, 6.07) is 16.5. The van der Waals surface area contributed by atoms with Gasteiger partial charge in [-0.2, -0.15) is 0 Å². The van der Waals surface area contributed by atoms with Gasteiger partial charge in [-0.25, -0.2) is 9.97 Å². The first kappa shape index (κ1) is 25.7. The Kier molecular flexibility index (Phi) is 8.22. The molecule has 9 heteroatoms. The van der Waals surface area contributed by atoms with E-state index in [0.717, 1.165) is 22.5 Å². The lowest BCUT2D eigenvalue weighted by Gasteiger charge is -2.08. The molecule has 0 aliphatic rings. The van der Waals surface area contributed by atoms with Gasteiger partial charge in [-0.1, -0.05) is 71.4 Å². The van der Waals surface area contributed by atoms with Crippen LogP contribution in [0.5, 0.6) is 0 Å². The molecule has 1 amide bonds. The number of nitrogens with one attached hydrogen (secondary N) is 2. The van der Waals surface area contributed by atoms with E-state index >= 15 is 0 Å². The molecule has 4 rings (SSSR count). The van der Waals surface area contributed by atoms with Crippen LogP contribution in [0.15, 0.2) is 59.1 Å². The number of esters is 1. The van der Waals surface area contributed by atoms with E-state index in [1.54, 1.807) is 12.3 Å². The van der Waals surface area contributed by atoms with Crippen molar-refractivity contribution in [2.75, 3.05) is 11.9 Å². The van der Waals surface area contributed by atoms with Crippen LogP contribution in [0.1, 0.15) is 30.7 Å². The number of aromatic amines is 1. The molecule has 0 saturated carbocycles. The second-order valence-electron chi connectivity index (χ2n) is 8.37. The van der Waals surface area contributed by atoms with Crippen molar-refractivity contribution in [3.05, 3.63) is 70.7 Å². The van der Waals surface area contributed by atoms with E-state index in [4.69, 9.17) is 9.72 Å². The zero-order valence-electron chi connectivity index (χ0n) is 20.6. The molecule has 0 fully saturated rings. The number of nitrogens with zero attached hydrogens (tertiary/aromatic N) is 2. The Labute approximate surface area is 218 Å². The largest absolute Gasteiger partial charge is 0.466 e. The first-order valence-corrected chi connectivity index (χ1v) is 13.4. The number of anilines is 1. The van der Waals surface area contributed by atoms with E-state index in [9.17, 15) is 9.59 Å². The number of thiazole rings is 1. The number of aromatic nitrogens is 3. The van der Waals surface area contributed by atoms with Gasteiger partial charge in [0, 0.05) is 16.5 Å². The van der Waals surface area contributed by atoms with Crippen molar-refractivity contribution in [1.29, 1.82) is 0 Å². The Bertz CT molecular complexity index is 1280. The molecule has 0 bridgehead atoms. The predicted octanol–water partition coefficient (Wildman–Crippen LogP) is 6.04. The molecule has 7 nitrogen and oxygen atoms in total. The van der Waals surface area contributed by atoms with Gasteiger partial charge in [0.15, 0.2) is 10.3 Å². The molecule has 0 spiro atoms. The van der Waals surface area contributed by atoms with Crippen LogP contribution in [0.4, 0.5) is 5.13 Å². The molecule has 1 atom stereocenters. The number of H-pyrrole nitrogens is 1. The molecule has 36 heavy (non-hydrogen) atoms. The van der Waals surface area contributed by atoms with Crippen LogP contribution < -0.4 is 5.32 Å². The van der Waals surface area contributed by atoms with E-state index < -0.39 is 5.25 Å². The standard InChI is InChI=1S/C27H28N4O3S2/c1-5-34-22(32)14-21-15-35-26(28-21)31-25(33)18(4)36-27-29-23(19-10-6-16(2)7-11-19)24(30-27)20-12-8-17(3)9-13-20/h6-13,15,18H,5,14H2,1-4H3,(H,29,30)(H,28,31,33). The third kappa shape index (κ3) is 6.41. The first-order valence-electron chi connectivity index (χ1n) is 11.6. The first-order chi connectivity index (χ1) is 17.3. The molecule has 0 aliphatic heterocycles. The molecule has 2 aromatic heterocycles. The van der Waals surface area contributed by atoms with Gasteiger partial charge in [0.2, 0.25) is 5.91 Å². The molecular formula is C27H28N4O3S2. The molecular weight excluding hydrogens is 492 g/mol. The molecule has 1 unspecified atom stereocenters. The number of ether oxygens (including phenoxy) is 1. The van der Waals surface area contributed by atoms with Gasteiger partial charge >= 0.3 is 5.97 Å². The second kappa shape index (κ2) is 11.5. The van der Waals surface area contributed by atoms with Crippen LogP contribution in [-0.2, 0) is 20.7 Å². The number of thioether (sulfide) groups is 1. The maximum absolute atomic E-state index is 12.9. The zero-order valence-corrected chi connectivity index (χ0v) is 22.3. The maximum Gasteiger partial charge on any atom is 0.311 e. The molecule has 0 saturated heterocycles. The highest BCUT2D eigenvalue weighted by molar-refractivity contribution is 8.00. The Morgan fingerprint density at radius 3 is 2.31 bits per heavy atom. The molecule has 0 radical (unpaired) electrons. The van der Waals surface area contributed by atoms with E-state index in [0.29, 0.717) is 22.6 Å². The van der Waals surface area contributed by atoms with Crippen LogP contribution in [0.3, 0.4) is 0 Å². The lowest BCUT2D eigenvalue weighted by molar-refractivity contribution is -0.142. The van der Waals surface area contributed by atoms with Crippen molar-refractivity contribution in [2.45, 2.75) is 44.5 Å². The number of rotatable bonds is 9. The van der Waals surface area contributed by atoms with Crippen LogP contribution in [0, 0.1) is 13.8 Å². The number of aryl methyl sites for hydroxylation is 2. The summed E-state index contributed by atoms with van der Waals surface area (Å²) in [6.45, 7) is 8.02. The molecule has 2 heterocycles. The van der Waals surface area contributed by atoms with Gasteiger partial charge in [-0.05, 0) is 27.7 Å². The van der Waals surface area contributed by atoms with Gasteiger partial charge in [-0.3, -0.25) is 9.59 Å². The van der Waals surface area contributed by atoms with Crippen molar-refractivity contribution in [3.63, 3.8) is 0 Å². The molecule has 186 valence electrons. The molecule has 2 N–H and O–H groups in total. The quantitative estimate of drug-likeness (QED) is 0.206. The zero-order chi connectivity index (χ0) is 25.7. The average molecular weight is 521 g/mol. The minimum atomic E-state index is -0.426. The smallest absolute Gasteiger partial charge is 0.311 e. The number of carbonyl (C=O) groups excluding carboxylic acids is 2. The third-order valence-electron chi connectivity index (χ3n) is 5.42. The molecule has 2 aromatic carbocycles. The van der Waals surface area contributed by atoms with Crippen molar-refractivity contribution < 1.29 is 14.3 Å². The summed E-state index contributed by atoms with van der Waals surface area (Å²) in [5, 5.41) is 5.27. The maximum atomic E-state index is 12.9. The van der Waals surface area contributed by atoms with Crippen molar-refractivity contribution in [2.24, 2.45) is 0 Å². The summed E-state index contributed by atoms with van der Waals surface area (Å²) in [7, 11) is 0. The number of amides is 1. The van der Waals surface area contributed by atoms with E-state index in [1.807, 2.05) is 6.92 Å². The predicted molar refractivity (Wildman–Crippen MR) is 145 cm³/mol. The van der Waals surface area contributed by atoms with Gasteiger partial charge in [0.05, 0.1) is 35.4 Å². The summed E-state index contributed by atoms with van der Waals surface area (Å²) in [6.07, 6.45) is 0.0838. The van der Waals surface area contributed by atoms with Gasteiger partial charge in [0.25, 0.3) is 0 Å². The Morgan fingerprint density at radius 1 is 1.03 bits per heavy atom. The fourth-order valence-electron chi connectivity index (χ4n) is 3.49. The Hall–Kier alpha value is -3.43. The van der Waals surface area contributed by atoms with Crippen LogP contribution in [-0.4, -0.2) is 38.7 Å². The van der Waals surface area contributed by atoms with E-state index in [-0.39, 0.29) is 18.3 Å². The number of hydrogen-bond donors (Lipinski definition) is 2. The summed E-state index contributed by atoms with van der Waals surface area (Å²) in [4.78, 5) is 37.1. The van der Waals surface area contributed by atoms with Crippen LogP contribution in [0.25, 0.3) is 22.5 Å². The Morgan fingerprint density at radius 2 is 1.67 bits per heavy atom. The SMILES string of the molecule is CCOC(=O)Cc1csc(NC(=O)C(C)Sc2nc(-c3ccc(C)cc3)c(-c3ccc(C)cc3)[nH]2)n1. The summed E-state index contributed by atoms with van der Waals surface area (Å²) in [5.41, 5.74) is 6.74. The fourth-order valence-corrected chi connectivity index (χ4v) is 5.01. The Balaban J connectivity index is 1.50. The summed E-state index contributed by atoms with van der Waals surface area (Å²) >= 11 is 2.63. The number of carbonyl (C=O) groups is 2. The molecule has 0 aliphatic carbocycles. The van der Waals surface area contributed by atoms with Crippen molar-refractivity contribution >= 4 is 40.1 Å². The monoisotopic (exact) mass is 520 g/mol. The summed E-state index contributed by atoms with van der Waals surface area (Å²) in [5.74, 6) is -0.529. The highest BCUT2D eigenvalue weighted by Crippen LogP contribution is 2.34. The van der Waals surface area contributed by atoms with E-state index in [2.05, 4.69) is 77.7 Å². The van der Waals surface area contributed by atoms with Crippen LogP contribution in [0.2, 0.25) is 0 Å². The minimum Gasteiger partial charge on any atom is -0.466 e. The normalized spacial score (nSPS) is 11.8. The third-order valence-corrected chi connectivity index (χ3v) is 7.21. The average Bonchev–Trinajstić information content (AvgIpc) is 3.47.